The van der Waals surface area contributed by atoms with Crippen molar-refractivity contribution in [2.45, 2.75) is 13.8 Å². The monoisotopic (exact) mass is 440 g/mol. The molecule has 0 N–H and O–H groups in total. The molecule has 2 aromatic carbocycles. The van der Waals surface area contributed by atoms with Crippen molar-refractivity contribution in [3.8, 4) is 0 Å². The molecule has 0 saturated heterocycles. The molecule has 3 aromatic rings. The number of hydrogen-bond acceptors (Lipinski definition) is 8. The number of fused-ring (bicyclic) bond motifs is 2. The van der Waals surface area contributed by atoms with Gasteiger partial charge in [-0.05, 0) is 44.2 Å². The molecule has 0 saturated carbocycles. The molecule has 2 heterocycles. The fourth-order valence-corrected chi connectivity index (χ4v) is 3.74. The number of hydrogen-bond donors (Lipinski definition) is 0. The van der Waals surface area contributed by atoms with Crippen LogP contribution in [0, 0.1) is 20.2 Å². The smallest absolute Gasteiger partial charge is 0.283 e. The van der Waals surface area contributed by atoms with Crippen molar-refractivity contribution in [2.75, 3.05) is 22.9 Å². The zero-order chi connectivity index (χ0) is 22.3. The lowest BCUT2D eigenvalue weighted by molar-refractivity contribution is -0.394. The Bertz CT molecular complexity index is 1260. The third kappa shape index (κ3) is 3.50. The van der Waals surface area contributed by atoms with Gasteiger partial charge in [-0.3, -0.25) is 20.2 Å². The first-order valence-corrected chi connectivity index (χ1v) is 9.88. The van der Waals surface area contributed by atoms with Crippen LogP contribution in [0.5, 0.6) is 0 Å². The highest BCUT2D eigenvalue weighted by Crippen LogP contribution is 2.41. The van der Waals surface area contributed by atoms with Crippen LogP contribution < -0.4 is 9.80 Å². The van der Waals surface area contributed by atoms with Crippen molar-refractivity contribution in [3.05, 3.63) is 73.0 Å². The summed E-state index contributed by atoms with van der Waals surface area (Å²) in [7, 11) is 0. The quantitative estimate of drug-likeness (QED) is 0.411. The molecule has 0 bridgehead atoms. The highest BCUT2D eigenvalue weighted by Gasteiger charge is 2.33. The minimum atomic E-state index is -0.656. The number of aromatic nitrogens is 2. The number of nitrogens with zero attached hydrogens (tertiary/aromatic N) is 6. The van der Waals surface area contributed by atoms with Gasteiger partial charge < -0.3 is 9.80 Å². The Morgan fingerprint density at radius 2 is 1.58 bits per heavy atom. The van der Waals surface area contributed by atoms with Crippen LogP contribution in [0.1, 0.15) is 19.4 Å². The van der Waals surface area contributed by atoms with Crippen molar-refractivity contribution in [2.24, 2.45) is 0 Å². The summed E-state index contributed by atoms with van der Waals surface area (Å²) in [6.07, 6.45) is 1.63. The van der Waals surface area contributed by atoms with Gasteiger partial charge in [-0.15, -0.1) is 0 Å². The van der Waals surface area contributed by atoms with Crippen LogP contribution in [0.4, 0.5) is 23.0 Å². The third-order valence-electron chi connectivity index (χ3n) is 4.99. The molecular formula is C20H17ClN6O4. The summed E-state index contributed by atoms with van der Waals surface area (Å²) in [6.45, 7) is 4.96. The molecule has 0 aliphatic carbocycles. The predicted octanol–water partition coefficient (Wildman–Crippen LogP) is 4.76. The Morgan fingerprint density at radius 3 is 2.16 bits per heavy atom. The van der Waals surface area contributed by atoms with E-state index in [1.807, 2.05) is 23.6 Å². The average molecular weight is 441 g/mol. The van der Waals surface area contributed by atoms with Gasteiger partial charge in [0.25, 0.3) is 11.4 Å². The SMILES string of the molecule is CCN1/C(=C/c2ccc([N+](=O)[O-])cc2[N+](=O)[O-])N(CC)c2nc3cc(Cl)ccc3nc21. The van der Waals surface area contributed by atoms with Crippen LogP contribution >= 0.6 is 11.6 Å². The van der Waals surface area contributed by atoms with Gasteiger partial charge in [-0.1, -0.05) is 11.6 Å². The Kier molecular flexibility index (Phi) is 5.15. The molecular weight excluding hydrogens is 424 g/mol. The van der Waals surface area contributed by atoms with Crippen LogP contribution in [0.2, 0.25) is 5.02 Å². The molecule has 0 amide bonds. The highest BCUT2D eigenvalue weighted by atomic mass is 35.5. The molecule has 0 atom stereocenters. The number of anilines is 2. The standard InChI is InChI=1S/C20H17ClN6O4/c1-3-24-18(9-12-5-7-14(26(28)29)11-17(12)27(30)31)25(4-2)20-19(24)22-15-8-6-13(21)10-16(15)23-20/h5-11H,3-4H2,1-2H3/b18-9-. The Balaban J connectivity index is 1.89. The summed E-state index contributed by atoms with van der Waals surface area (Å²) in [5, 5.41) is 23.2. The molecule has 0 spiro atoms. The first-order chi connectivity index (χ1) is 14.8. The molecule has 158 valence electrons. The second-order valence-corrected chi connectivity index (χ2v) is 7.19. The molecule has 0 radical (unpaired) electrons. The number of halogens is 1. The first-order valence-electron chi connectivity index (χ1n) is 9.51. The number of rotatable bonds is 5. The van der Waals surface area contributed by atoms with Gasteiger partial charge in [-0.25, -0.2) is 9.97 Å². The second kappa shape index (κ2) is 7.80. The van der Waals surface area contributed by atoms with Crippen LogP contribution in [0.15, 0.2) is 42.2 Å². The fraction of sp³-hybridized carbons (Fsp3) is 0.200. The largest absolute Gasteiger partial charge is 0.310 e. The van der Waals surface area contributed by atoms with Gasteiger partial charge in [0.2, 0.25) is 0 Å². The third-order valence-corrected chi connectivity index (χ3v) is 5.23. The lowest BCUT2D eigenvalue weighted by atomic mass is 10.1. The molecule has 1 aliphatic heterocycles. The predicted molar refractivity (Wildman–Crippen MR) is 118 cm³/mol. The van der Waals surface area contributed by atoms with Crippen LogP contribution in [0.25, 0.3) is 17.1 Å². The molecule has 1 aliphatic rings. The number of nitro groups is 2. The molecule has 0 unspecified atom stereocenters. The number of nitro benzene ring substituents is 2. The summed E-state index contributed by atoms with van der Waals surface area (Å²) >= 11 is 6.10. The van der Waals surface area contributed by atoms with Gasteiger partial charge in [0, 0.05) is 24.2 Å². The van der Waals surface area contributed by atoms with E-state index in [1.165, 1.54) is 12.1 Å². The van der Waals surface area contributed by atoms with Gasteiger partial charge in [0.15, 0.2) is 11.6 Å². The first kappa shape index (κ1) is 20.5. The average Bonchev–Trinajstić information content (AvgIpc) is 3.02. The van der Waals surface area contributed by atoms with Gasteiger partial charge >= 0.3 is 0 Å². The van der Waals surface area contributed by atoms with E-state index in [0.29, 0.717) is 46.6 Å². The van der Waals surface area contributed by atoms with E-state index >= 15 is 0 Å². The van der Waals surface area contributed by atoms with Crippen molar-refractivity contribution >= 4 is 51.7 Å². The maximum atomic E-state index is 11.6. The Morgan fingerprint density at radius 1 is 0.935 bits per heavy atom. The number of non-ortho nitro benzene ring substituents is 1. The van der Waals surface area contributed by atoms with Crippen LogP contribution in [-0.2, 0) is 0 Å². The van der Waals surface area contributed by atoms with E-state index in [4.69, 9.17) is 21.6 Å². The summed E-state index contributed by atoms with van der Waals surface area (Å²) in [4.78, 5) is 34.6. The van der Waals surface area contributed by atoms with Crippen molar-refractivity contribution in [1.29, 1.82) is 0 Å². The fourth-order valence-electron chi connectivity index (χ4n) is 3.58. The van der Waals surface area contributed by atoms with Crippen LogP contribution in [0.3, 0.4) is 0 Å². The molecule has 1 aromatic heterocycles. The molecule has 31 heavy (non-hydrogen) atoms. The molecule has 0 fully saturated rings. The maximum absolute atomic E-state index is 11.6. The molecule has 10 nitrogen and oxygen atoms in total. The minimum absolute atomic E-state index is 0.253. The van der Waals surface area contributed by atoms with E-state index in [0.717, 1.165) is 6.07 Å². The highest BCUT2D eigenvalue weighted by molar-refractivity contribution is 6.31. The summed E-state index contributed by atoms with van der Waals surface area (Å²) < 4.78 is 0. The second-order valence-electron chi connectivity index (χ2n) is 6.75. The number of benzene rings is 2. The van der Waals surface area contributed by atoms with Crippen LogP contribution in [-0.4, -0.2) is 32.9 Å². The van der Waals surface area contributed by atoms with E-state index in [2.05, 4.69) is 0 Å². The van der Waals surface area contributed by atoms with Crippen molar-refractivity contribution in [1.82, 2.24) is 9.97 Å². The Labute approximate surface area is 181 Å². The lowest BCUT2D eigenvalue weighted by Gasteiger charge is -2.22. The molecule has 11 heteroatoms. The summed E-state index contributed by atoms with van der Waals surface area (Å²) in [5.74, 6) is 1.91. The lowest BCUT2D eigenvalue weighted by Crippen LogP contribution is -2.28. The van der Waals surface area contributed by atoms with Crippen molar-refractivity contribution in [3.63, 3.8) is 0 Å². The van der Waals surface area contributed by atoms with Gasteiger partial charge in [-0.2, -0.15) is 0 Å². The summed E-state index contributed by atoms with van der Waals surface area (Å²) in [6, 6.07) is 8.86. The zero-order valence-electron chi connectivity index (χ0n) is 16.6. The molecule has 4 rings (SSSR count). The van der Waals surface area contributed by atoms with Crippen molar-refractivity contribution < 1.29 is 9.85 Å². The van der Waals surface area contributed by atoms with Gasteiger partial charge in [0.05, 0.1) is 32.5 Å². The summed E-state index contributed by atoms with van der Waals surface area (Å²) in [5.41, 5.74) is 0.892. The van der Waals surface area contributed by atoms with E-state index in [1.54, 1.807) is 24.3 Å². The minimum Gasteiger partial charge on any atom is -0.310 e. The zero-order valence-corrected chi connectivity index (χ0v) is 17.4. The van der Waals surface area contributed by atoms with Gasteiger partial charge in [0.1, 0.15) is 5.82 Å². The maximum Gasteiger partial charge on any atom is 0.283 e. The topological polar surface area (TPSA) is 119 Å². The van der Waals surface area contributed by atoms with E-state index in [9.17, 15) is 20.2 Å². The Hall–Kier alpha value is -3.79. The normalized spacial score (nSPS) is 14.4. The van der Waals surface area contributed by atoms with E-state index in [-0.39, 0.29) is 16.9 Å². The van der Waals surface area contributed by atoms with E-state index < -0.39 is 9.85 Å².